The van der Waals surface area contributed by atoms with Crippen molar-refractivity contribution in [1.29, 1.82) is 5.26 Å². The average Bonchev–Trinajstić information content (AvgIpc) is 3.78. The molecule has 59 heavy (non-hydrogen) atoms. The minimum Gasteiger partial charge on any atom is -0.371 e. The zero-order valence-electron chi connectivity index (χ0n) is 33.2. The van der Waals surface area contributed by atoms with E-state index in [0.29, 0.717) is 40.7 Å². The molecule has 6 aliphatic heterocycles. The molecule has 1 spiro atoms. The number of nitriles is 1. The number of imide groups is 2. The van der Waals surface area contributed by atoms with Gasteiger partial charge < -0.3 is 19.6 Å². The SMILES string of the molecule is N#Cc1ccc(N2CCC3(CC2)CCN(c2cccc(C(=O)N4CCN(CC5CCN(c6ccc7c(c6)C(=O)N(C6CCC(=O)NC6=O)C7=O)CC5)CC4)c2)C3)cc1Cl. The lowest BCUT2D eigenvalue weighted by atomic mass is 9.77. The second kappa shape index (κ2) is 16.0. The van der Waals surface area contributed by atoms with Crippen LogP contribution in [-0.4, -0.2) is 122 Å². The van der Waals surface area contributed by atoms with Gasteiger partial charge in [-0.25, -0.2) is 0 Å². The van der Waals surface area contributed by atoms with E-state index in [-0.39, 0.29) is 24.2 Å². The summed E-state index contributed by atoms with van der Waals surface area (Å²) in [5.74, 6) is -1.35. The van der Waals surface area contributed by atoms with Gasteiger partial charge in [-0.3, -0.25) is 39.1 Å². The van der Waals surface area contributed by atoms with Crippen molar-refractivity contribution in [1.82, 2.24) is 20.0 Å². The molecule has 0 aliphatic carbocycles. The highest BCUT2D eigenvalue weighted by Gasteiger charge is 2.45. The maximum absolute atomic E-state index is 13.8. The summed E-state index contributed by atoms with van der Waals surface area (Å²) in [6, 6.07) is 20.4. The molecule has 3 aromatic rings. The van der Waals surface area contributed by atoms with Gasteiger partial charge in [-0.15, -0.1) is 0 Å². The summed E-state index contributed by atoms with van der Waals surface area (Å²) in [5, 5.41) is 12.0. The minimum atomic E-state index is -0.973. The molecule has 306 valence electrons. The van der Waals surface area contributed by atoms with Gasteiger partial charge >= 0.3 is 0 Å². The molecule has 0 radical (unpaired) electrons. The van der Waals surface area contributed by atoms with E-state index in [1.807, 2.05) is 35.2 Å². The number of piperidine rings is 3. The Balaban J connectivity index is 0.732. The molecule has 9 rings (SSSR count). The van der Waals surface area contributed by atoms with Crippen LogP contribution in [0.3, 0.4) is 0 Å². The maximum atomic E-state index is 13.8. The largest absolute Gasteiger partial charge is 0.371 e. The fourth-order valence-corrected chi connectivity index (χ4v) is 10.4. The summed E-state index contributed by atoms with van der Waals surface area (Å²) in [6.07, 6.45) is 5.56. The van der Waals surface area contributed by atoms with E-state index in [4.69, 9.17) is 11.6 Å². The van der Waals surface area contributed by atoms with Crippen LogP contribution in [0.4, 0.5) is 17.1 Å². The van der Waals surface area contributed by atoms with Crippen molar-refractivity contribution >= 4 is 58.2 Å². The summed E-state index contributed by atoms with van der Waals surface area (Å²) in [6.45, 7) is 9.63. The number of hydrogen-bond donors (Lipinski definition) is 1. The number of anilines is 3. The third kappa shape index (κ3) is 7.64. The van der Waals surface area contributed by atoms with Gasteiger partial charge in [0.15, 0.2) is 0 Å². The molecule has 6 heterocycles. The first-order valence-corrected chi connectivity index (χ1v) is 21.4. The van der Waals surface area contributed by atoms with Crippen LogP contribution in [0.1, 0.15) is 81.6 Å². The third-order valence-electron chi connectivity index (χ3n) is 13.7. The lowest BCUT2D eigenvalue weighted by Gasteiger charge is -2.40. The Morgan fingerprint density at radius 1 is 0.746 bits per heavy atom. The predicted molar refractivity (Wildman–Crippen MR) is 224 cm³/mol. The summed E-state index contributed by atoms with van der Waals surface area (Å²) in [7, 11) is 0. The van der Waals surface area contributed by atoms with Crippen molar-refractivity contribution in [3.8, 4) is 6.07 Å². The Morgan fingerprint density at radius 3 is 2.12 bits per heavy atom. The Hall–Kier alpha value is -5.45. The molecule has 6 aliphatic rings. The topological polar surface area (TPSA) is 141 Å². The summed E-state index contributed by atoms with van der Waals surface area (Å²) in [5.41, 5.74) is 5.20. The van der Waals surface area contributed by atoms with E-state index < -0.39 is 29.7 Å². The maximum Gasteiger partial charge on any atom is 0.262 e. The Morgan fingerprint density at radius 2 is 1.41 bits per heavy atom. The zero-order valence-corrected chi connectivity index (χ0v) is 34.0. The van der Waals surface area contributed by atoms with Crippen molar-refractivity contribution in [3.05, 3.63) is 87.9 Å². The van der Waals surface area contributed by atoms with E-state index in [9.17, 15) is 29.2 Å². The molecule has 0 aromatic heterocycles. The van der Waals surface area contributed by atoms with E-state index in [1.54, 1.807) is 18.2 Å². The number of piperazine rings is 1. The van der Waals surface area contributed by atoms with Crippen LogP contribution in [0.5, 0.6) is 0 Å². The van der Waals surface area contributed by atoms with Crippen LogP contribution in [-0.2, 0) is 9.59 Å². The van der Waals surface area contributed by atoms with Crippen molar-refractivity contribution < 1.29 is 24.0 Å². The lowest BCUT2D eigenvalue weighted by molar-refractivity contribution is -0.136. The zero-order chi connectivity index (χ0) is 40.8. The number of carbonyl (C=O) groups excluding carboxylic acids is 5. The first-order valence-electron chi connectivity index (χ1n) is 21.0. The molecule has 5 fully saturated rings. The molecule has 14 heteroatoms. The standard InChI is InChI=1S/C45H49ClN8O5/c46-38-26-35(5-4-32(38)27-47)51-17-12-45(13-18-51)14-19-53(29-45)33-3-1-2-31(24-33)42(57)52-22-20-49(21-23-52)28-30-10-15-50(16-11-30)34-6-7-36-37(25-34)44(59)54(43(36)58)39-8-9-40(55)48-41(39)56/h1-7,24-26,30,39H,8-23,28-29H2,(H,48,55,56). The highest BCUT2D eigenvalue weighted by Crippen LogP contribution is 2.43. The van der Waals surface area contributed by atoms with Gasteiger partial charge in [-0.1, -0.05) is 17.7 Å². The van der Waals surface area contributed by atoms with E-state index >= 15 is 0 Å². The molecule has 5 amide bonds. The summed E-state index contributed by atoms with van der Waals surface area (Å²) in [4.78, 5) is 76.9. The van der Waals surface area contributed by atoms with Gasteiger partial charge in [0.05, 0.1) is 21.7 Å². The van der Waals surface area contributed by atoms with Crippen molar-refractivity contribution in [2.24, 2.45) is 11.3 Å². The number of hydrogen-bond acceptors (Lipinski definition) is 10. The number of nitrogens with one attached hydrogen (secondary N) is 1. The first kappa shape index (κ1) is 39.0. The number of carbonyl (C=O) groups is 5. The van der Waals surface area contributed by atoms with Crippen LogP contribution < -0.4 is 20.0 Å². The molecular weight excluding hydrogens is 768 g/mol. The van der Waals surface area contributed by atoms with Gasteiger partial charge in [0.1, 0.15) is 12.1 Å². The molecule has 1 N–H and O–H groups in total. The number of halogens is 1. The van der Waals surface area contributed by atoms with Gasteiger partial charge in [0, 0.05) is 101 Å². The quantitative estimate of drug-likeness (QED) is 0.332. The lowest BCUT2D eigenvalue weighted by Crippen LogP contribution is -2.54. The van der Waals surface area contributed by atoms with Crippen molar-refractivity contribution in [3.63, 3.8) is 0 Å². The number of nitrogens with zero attached hydrogens (tertiary/aromatic N) is 7. The number of rotatable bonds is 7. The normalized spacial score (nSPS) is 22.6. The Bertz CT molecular complexity index is 2230. The van der Waals surface area contributed by atoms with Crippen molar-refractivity contribution in [2.75, 3.05) is 86.7 Å². The van der Waals surface area contributed by atoms with E-state index in [2.05, 4.69) is 43.1 Å². The molecule has 1 unspecified atom stereocenters. The summed E-state index contributed by atoms with van der Waals surface area (Å²) < 4.78 is 0. The molecule has 0 saturated carbocycles. The number of benzene rings is 3. The highest BCUT2D eigenvalue weighted by atomic mass is 35.5. The molecule has 0 bridgehead atoms. The molecule has 3 aromatic carbocycles. The second-order valence-corrected chi connectivity index (χ2v) is 17.6. The van der Waals surface area contributed by atoms with Crippen LogP contribution in [0.2, 0.25) is 5.02 Å². The molecule has 1 atom stereocenters. The fraction of sp³-hybridized carbons (Fsp3) is 0.467. The molecule has 13 nitrogen and oxygen atoms in total. The van der Waals surface area contributed by atoms with Gasteiger partial charge in [0.2, 0.25) is 11.8 Å². The van der Waals surface area contributed by atoms with Crippen molar-refractivity contribution in [2.45, 2.75) is 51.0 Å². The molecule has 5 saturated heterocycles. The van der Waals surface area contributed by atoms with E-state index in [0.717, 1.165) is 119 Å². The smallest absolute Gasteiger partial charge is 0.262 e. The third-order valence-corrected chi connectivity index (χ3v) is 14.1. The first-order chi connectivity index (χ1) is 28.6. The van der Waals surface area contributed by atoms with Gasteiger partial charge in [-0.2, -0.15) is 5.26 Å². The Labute approximate surface area is 349 Å². The van der Waals surface area contributed by atoms with Gasteiger partial charge in [0.25, 0.3) is 17.7 Å². The number of fused-ring (bicyclic) bond motifs is 1. The van der Waals surface area contributed by atoms with Crippen LogP contribution in [0, 0.1) is 22.7 Å². The Kier molecular flexibility index (Phi) is 10.6. The average molecular weight is 817 g/mol. The van der Waals surface area contributed by atoms with Gasteiger partial charge in [-0.05, 0) is 104 Å². The van der Waals surface area contributed by atoms with Crippen LogP contribution in [0.15, 0.2) is 60.7 Å². The second-order valence-electron chi connectivity index (χ2n) is 17.2. The number of amides is 5. The summed E-state index contributed by atoms with van der Waals surface area (Å²) >= 11 is 6.33. The minimum absolute atomic E-state index is 0.0920. The highest BCUT2D eigenvalue weighted by molar-refractivity contribution is 6.32. The molecular formula is C45H49ClN8O5. The predicted octanol–water partition coefficient (Wildman–Crippen LogP) is 4.78. The van der Waals surface area contributed by atoms with Crippen LogP contribution in [0.25, 0.3) is 0 Å². The monoisotopic (exact) mass is 816 g/mol. The van der Waals surface area contributed by atoms with Crippen LogP contribution >= 0.6 is 11.6 Å². The fourth-order valence-electron chi connectivity index (χ4n) is 10.1. The van der Waals surface area contributed by atoms with E-state index in [1.165, 1.54) is 0 Å².